The van der Waals surface area contributed by atoms with E-state index in [0.29, 0.717) is 5.69 Å². The molecule has 1 amide bonds. The maximum absolute atomic E-state index is 11.7. The van der Waals surface area contributed by atoms with Gasteiger partial charge in [-0.3, -0.25) is 10.1 Å². The van der Waals surface area contributed by atoms with Crippen molar-refractivity contribution < 1.29 is 19.1 Å². The van der Waals surface area contributed by atoms with Gasteiger partial charge < -0.3 is 19.6 Å². The molecule has 108 valence electrons. The first-order valence-electron chi connectivity index (χ1n) is 5.64. The smallest absolute Gasteiger partial charge is 0.293 e. The van der Waals surface area contributed by atoms with Gasteiger partial charge in [-0.15, -0.1) is 0 Å². The Morgan fingerprint density at radius 1 is 1.29 bits per heavy atom. The standard InChI is InChI=1S/C13H9ClN2O4S/c14-9-4-3-7(6-8(9)12(18)19)15-13(21)16-11(17)10-2-1-5-20-10/h1-6H,(H,18,19)(H2,15,16,17,21)/p-1. The number of amides is 1. The van der Waals surface area contributed by atoms with E-state index in [2.05, 4.69) is 10.6 Å². The molecule has 21 heavy (non-hydrogen) atoms. The van der Waals surface area contributed by atoms with Crippen molar-refractivity contribution in [1.82, 2.24) is 5.32 Å². The number of nitrogens with one attached hydrogen (secondary N) is 2. The third-order valence-corrected chi connectivity index (χ3v) is 2.95. The molecule has 0 radical (unpaired) electrons. The van der Waals surface area contributed by atoms with Crippen LogP contribution < -0.4 is 15.7 Å². The van der Waals surface area contributed by atoms with Crippen molar-refractivity contribution in [2.45, 2.75) is 0 Å². The second-order valence-corrected chi connectivity index (χ2v) is 4.68. The minimum absolute atomic E-state index is 0.0111. The fraction of sp³-hybridized carbons (Fsp3) is 0. The van der Waals surface area contributed by atoms with Gasteiger partial charge in [0.05, 0.1) is 12.2 Å². The van der Waals surface area contributed by atoms with E-state index in [1.165, 1.54) is 30.5 Å². The molecular weight excluding hydrogens is 316 g/mol. The Bertz CT molecular complexity index is 700. The van der Waals surface area contributed by atoms with Crippen molar-refractivity contribution in [1.29, 1.82) is 0 Å². The average molecular weight is 324 g/mol. The fourth-order valence-corrected chi connectivity index (χ4v) is 1.90. The lowest BCUT2D eigenvalue weighted by molar-refractivity contribution is -0.255. The SMILES string of the molecule is O=C(NC(=S)Nc1ccc(Cl)c(C(=O)[O-])c1)c1ccco1. The van der Waals surface area contributed by atoms with Crippen LogP contribution >= 0.6 is 23.8 Å². The van der Waals surface area contributed by atoms with Crippen LogP contribution in [-0.2, 0) is 0 Å². The van der Waals surface area contributed by atoms with E-state index in [1.807, 2.05) is 0 Å². The molecule has 0 spiro atoms. The van der Waals surface area contributed by atoms with E-state index in [-0.39, 0.29) is 21.5 Å². The summed E-state index contributed by atoms with van der Waals surface area (Å²) in [5, 5.41) is 15.9. The molecule has 0 saturated carbocycles. The summed E-state index contributed by atoms with van der Waals surface area (Å²) in [6.45, 7) is 0. The number of carboxylic acid groups (broad SMARTS) is 1. The Balaban J connectivity index is 2.05. The summed E-state index contributed by atoms with van der Waals surface area (Å²) in [7, 11) is 0. The van der Waals surface area contributed by atoms with Gasteiger partial charge in [0.1, 0.15) is 0 Å². The third-order valence-electron chi connectivity index (χ3n) is 2.42. The van der Waals surface area contributed by atoms with E-state index in [1.54, 1.807) is 6.07 Å². The molecule has 1 aromatic heterocycles. The van der Waals surface area contributed by atoms with Gasteiger partial charge in [-0.2, -0.15) is 0 Å². The van der Waals surface area contributed by atoms with Gasteiger partial charge in [-0.25, -0.2) is 0 Å². The van der Waals surface area contributed by atoms with Gasteiger partial charge in [0, 0.05) is 16.3 Å². The van der Waals surface area contributed by atoms with E-state index >= 15 is 0 Å². The van der Waals surface area contributed by atoms with Gasteiger partial charge in [0.2, 0.25) is 0 Å². The molecule has 0 aliphatic carbocycles. The summed E-state index contributed by atoms with van der Waals surface area (Å²) in [6, 6.07) is 7.19. The van der Waals surface area contributed by atoms with Crippen LogP contribution in [0.4, 0.5) is 5.69 Å². The predicted octanol–water partition coefficient (Wildman–Crippen LogP) is 1.42. The highest BCUT2D eigenvalue weighted by atomic mass is 35.5. The number of aromatic carboxylic acids is 1. The number of benzene rings is 1. The second kappa shape index (κ2) is 6.38. The Morgan fingerprint density at radius 3 is 2.67 bits per heavy atom. The van der Waals surface area contributed by atoms with Crippen LogP contribution in [0.3, 0.4) is 0 Å². The number of anilines is 1. The first-order valence-corrected chi connectivity index (χ1v) is 6.42. The molecule has 2 N–H and O–H groups in total. The Kier molecular flexibility index (Phi) is 4.56. The summed E-state index contributed by atoms with van der Waals surface area (Å²) in [5.41, 5.74) is 0.171. The summed E-state index contributed by atoms with van der Waals surface area (Å²) in [5.74, 6) is -1.83. The summed E-state index contributed by atoms with van der Waals surface area (Å²) in [6.07, 6.45) is 1.36. The molecule has 6 nitrogen and oxygen atoms in total. The van der Waals surface area contributed by atoms with Crippen molar-refractivity contribution >= 4 is 46.5 Å². The van der Waals surface area contributed by atoms with Gasteiger partial charge in [0.25, 0.3) is 5.91 Å². The largest absolute Gasteiger partial charge is 0.545 e. The number of rotatable bonds is 3. The Morgan fingerprint density at radius 2 is 2.05 bits per heavy atom. The van der Waals surface area contributed by atoms with E-state index in [9.17, 15) is 14.7 Å². The fourth-order valence-electron chi connectivity index (χ4n) is 1.49. The molecule has 0 aliphatic heterocycles. The minimum Gasteiger partial charge on any atom is -0.545 e. The van der Waals surface area contributed by atoms with Crippen molar-refractivity contribution in [3.05, 3.63) is 52.9 Å². The summed E-state index contributed by atoms with van der Waals surface area (Å²) in [4.78, 5) is 22.5. The van der Waals surface area contributed by atoms with Crippen LogP contribution in [0.15, 0.2) is 41.0 Å². The highest BCUT2D eigenvalue weighted by Crippen LogP contribution is 2.19. The van der Waals surface area contributed by atoms with Crippen LogP contribution in [-0.4, -0.2) is 17.0 Å². The average Bonchev–Trinajstić information content (AvgIpc) is 2.94. The number of halogens is 1. The predicted molar refractivity (Wildman–Crippen MR) is 78.2 cm³/mol. The van der Waals surface area contributed by atoms with Crippen LogP contribution in [0.25, 0.3) is 0 Å². The number of hydrogen-bond donors (Lipinski definition) is 2. The normalized spacial score (nSPS) is 9.95. The monoisotopic (exact) mass is 323 g/mol. The lowest BCUT2D eigenvalue weighted by Crippen LogP contribution is -2.34. The maximum Gasteiger partial charge on any atom is 0.293 e. The lowest BCUT2D eigenvalue weighted by Gasteiger charge is -2.11. The molecular formula is C13H8ClN2O4S-. The molecule has 0 aliphatic rings. The molecule has 8 heteroatoms. The van der Waals surface area contributed by atoms with Crippen LogP contribution in [0.1, 0.15) is 20.9 Å². The van der Waals surface area contributed by atoms with Gasteiger partial charge in [-0.1, -0.05) is 11.6 Å². The Labute approximate surface area is 129 Å². The highest BCUT2D eigenvalue weighted by molar-refractivity contribution is 7.80. The van der Waals surface area contributed by atoms with Crippen LogP contribution in [0, 0.1) is 0 Å². The van der Waals surface area contributed by atoms with Crippen molar-refractivity contribution in [2.24, 2.45) is 0 Å². The van der Waals surface area contributed by atoms with Crippen molar-refractivity contribution in [3.63, 3.8) is 0 Å². The van der Waals surface area contributed by atoms with Crippen LogP contribution in [0.5, 0.6) is 0 Å². The Hall–Kier alpha value is -2.38. The van der Waals surface area contributed by atoms with Crippen molar-refractivity contribution in [3.8, 4) is 0 Å². The number of furan rings is 1. The molecule has 2 rings (SSSR count). The second-order valence-electron chi connectivity index (χ2n) is 3.87. The van der Waals surface area contributed by atoms with E-state index in [4.69, 9.17) is 28.2 Å². The minimum atomic E-state index is -1.41. The highest BCUT2D eigenvalue weighted by Gasteiger charge is 2.11. The zero-order chi connectivity index (χ0) is 15.4. The van der Waals surface area contributed by atoms with Gasteiger partial charge >= 0.3 is 0 Å². The van der Waals surface area contributed by atoms with Crippen LogP contribution in [0.2, 0.25) is 5.02 Å². The number of carboxylic acids is 1. The molecule has 2 aromatic rings. The molecule has 0 saturated heterocycles. The van der Waals surface area contributed by atoms with E-state index in [0.717, 1.165) is 0 Å². The molecule has 0 unspecified atom stereocenters. The number of carbonyl (C=O) groups is 2. The van der Waals surface area contributed by atoms with Crippen molar-refractivity contribution in [2.75, 3.05) is 5.32 Å². The maximum atomic E-state index is 11.7. The lowest BCUT2D eigenvalue weighted by atomic mass is 10.2. The number of hydrogen-bond acceptors (Lipinski definition) is 5. The third kappa shape index (κ3) is 3.80. The number of carbonyl (C=O) groups excluding carboxylic acids is 2. The zero-order valence-electron chi connectivity index (χ0n) is 10.4. The first-order chi connectivity index (χ1) is 9.97. The number of thiocarbonyl (C=S) groups is 1. The zero-order valence-corrected chi connectivity index (χ0v) is 12.0. The quantitative estimate of drug-likeness (QED) is 0.830. The molecule has 1 heterocycles. The molecule has 0 fully saturated rings. The molecule has 1 aromatic carbocycles. The van der Waals surface area contributed by atoms with E-state index < -0.39 is 11.9 Å². The molecule has 0 atom stereocenters. The topological polar surface area (TPSA) is 94.4 Å². The van der Waals surface area contributed by atoms with Gasteiger partial charge in [-0.05, 0) is 42.5 Å². The molecule has 0 bridgehead atoms. The summed E-state index contributed by atoms with van der Waals surface area (Å²) >= 11 is 10.7. The summed E-state index contributed by atoms with van der Waals surface area (Å²) < 4.78 is 4.91. The first kappa shape index (κ1) is 15.0. The van der Waals surface area contributed by atoms with Gasteiger partial charge in [0.15, 0.2) is 10.9 Å².